The van der Waals surface area contributed by atoms with E-state index in [1.807, 2.05) is 12.1 Å². The predicted octanol–water partition coefficient (Wildman–Crippen LogP) is 3.31. The first-order valence-electron chi connectivity index (χ1n) is 6.24. The number of hydrogen-bond donors (Lipinski definition) is 2. The number of hydrogen-bond acceptors (Lipinski definition) is 2. The van der Waals surface area contributed by atoms with Crippen molar-refractivity contribution in [1.29, 1.82) is 0 Å². The standard InChI is InChI=1S/C14H23NO/c1-3-12(4-2)9-10-15-11-13-5-7-14(16)8-6-13/h5-8,12,15-16H,3-4,9-11H2,1-2H3. The maximum Gasteiger partial charge on any atom is 0.115 e. The molecule has 0 aromatic heterocycles. The van der Waals surface area contributed by atoms with E-state index in [9.17, 15) is 0 Å². The number of phenols is 1. The van der Waals surface area contributed by atoms with Crippen LogP contribution in [0, 0.1) is 5.92 Å². The molecule has 0 atom stereocenters. The van der Waals surface area contributed by atoms with Gasteiger partial charge in [0.1, 0.15) is 5.75 Å². The monoisotopic (exact) mass is 221 g/mol. The minimum atomic E-state index is 0.334. The van der Waals surface area contributed by atoms with Gasteiger partial charge in [-0.25, -0.2) is 0 Å². The average Bonchev–Trinajstić information content (AvgIpc) is 2.32. The molecule has 0 radical (unpaired) electrons. The molecule has 2 nitrogen and oxygen atoms in total. The summed E-state index contributed by atoms with van der Waals surface area (Å²) in [5.41, 5.74) is 1.22. The molecule has 1 rings (SSSR count). The van der Waals surface area contributed by atoms with Gasteiger partial charge in [-0.3, -0.25) is 0 Å². The van der Waals surface area contributed by atoms with E-state index in [-0.39, 0.29) is 0 Å². The zero-order chi connectivity index (χ0) is 11.8. The molecule has 1 aromatic rings. The highest BCUT2D eigenvalue weighted by Crippen LogP contribution is 2.12. The first kappa shape index (κ1) is 13.0. The summed E-state index contributed by atoms with van der Waals surface area (Å²) in [7, 11) is 0. The van der Waals surface area contributed by atoms with Crippen molar-refractivity contribution in [3.05, 3.63) is 29.8 Å². The van der Waals surface area contributed by atoms with Crippen LogP contribution in [0.25, 0.3) is 0 Å². The molecule has 0 amide bonds. The Kier molecular flexibility index (Phi) is 5.94. The molecule has 0 spiro atoms. The minimum absolute atomic E-state index is 0.334. The summed E-state index contributed by atoms with van der Waals surface area (Å²) in [4.78, 5) is 0. The van der Waals surface area contributed by atoms with Crippen LogP contribution >= 0.6 is 0 Å². The lowest BCUT2D eigenvalue weighted by molar-refractivity contribution is 0.438. The van der Waals surface area contributed by atoms with E-state index >= 15 is 0 Å². The highest BCUT2D eigenvalue weighted by molar-refractivity contribution is 5.25. The van der Waals surface area contributed by atoms with Gasteiger partial charge in [0, 0.05) is 6.54 Å². The number of nitrogens with one attached hydrogen (secondary N) is 1. The Bertz CT molecular complexity index is 277. The molecule has 90 valence electrons. The van der Waals surface area contributed by atoms with Crippen molar-refractivity contribution in [2.45, 2.75) is 39.7 Å². The van der Waals surface area contributed by atoms with Gasteiger partial charge in [0.15, 0.2) is 0 Å². The predicted molar refractivity (Wildman–Crippen MR) is 68.5 cm³/mol. The molecule has 0 saturated carbocycles. The van der Waals surface area contributed by atoms with Crippen molar-refractivity contribution in [2.24, 2.45) is 5.92 Å². The molecule has 2 N–H and O–H groups in total. The third kappa shape index (κ3) is 4.67. The first-order chi connectivity index (χ1) is 7.76. The molecular formula is C14H23NO. The van der Waals surface area contributed by atoms with Crippen molar-refractivity contribution in [3.8, 4) is 5.75 Å². The molecule has 0 aliphatic rings. The van der Waals surface area contributed by atoms with Gasteiger partial charge in [-0.15, -0.1) is 0 Å². The smallest absolute Gasteiger partial charge is 0.115 e. The molecule has 0 unspecified atom stereocenters. The van der Waals surface area contributed by atoms with Gasteiger partial charge in [0.2, 0.25) is 0 Å². The molecule has 2 heteroatoms. The van der Waals surface area contributed by atoms with Gasteiger partial charge in [-0.2, -0.15) is 0 Å². The molecule has 1 aromatic carbocycles. The van der Waals surface area contributed by atoms with Crippen LogP contribution in [-0.2, 0) is 6.54 Å². The highest BCUT2D eigenvalue weighted by Gasteiger charge is 2.02. The number of aromatic hydroxyl groups is 1. The first-order valence-corrected chi connectivity index (χ1v) is 6.24. The van der Waals surface area contributed by atoms with Gasteiger partial charge in [-0.1, -0.05) is 38.8 Å². The molecule has 16 heavy (non-hydrogen) atoms. The lowest BCUT2D eigenvalue weighted by atomic mass is 10.00. The van der Waals surface area contributed by atoms with E-state index in [1.54, 1.807) is 12.1 Å². The van der Waals surface area contributed by atoms with Crippen LogP contribution in [0.3, 0.4) is 0 Å². The number of rotatable bonds is 7. The van der Waals surface area contributed by atoms with Crippen LogP contribution in [0.4, 0.5) is 0 Å². The zero-order valence-corrected chi connectivity index (χ0v) is 10.4. The third-order valence-corrected chi connectivity index (χ3v) is 3.15. The van der Waals surface area contributed by atoms with Gasteiger partial charge >= 0.3 is 0 Å². The normalized spacial score (nSPS) is 10.9. The highest BCUT2D eigenvalue weighted by atomic mass is 16.3. The van der Waals surface area contributed by atoms with Crippen molar-refractivity contribution in [2.75, 3.05) is 6.54 Å². The van der Waals surface area contributed by atoms with Gasteiger partial charge < -0.3 is 10.4 Å². The van der Waals surface area contributed by atoms with Gasteiger partial charge in [-0.05, 0) is 36.6 Å². The van der Waals surface area contributed by atoms with Crippen LogP contribution in [0.2, 0.25) is 0 Å². The molecular weight excluding hydrogens is 198 g/mol. The second kappa shape index (κ2) is 7.29. The summed E-state index contributed by atoms with van der Waals surface area (Å²) >= 11 is 0. The largest absolute Gasteiger partial charge is 0.508 e. The maximum absolute atomic E-state index is 9.14. The van der Waals surface area contributed by atoms with Crippen LogP contribution in [0.5, 0.6) is 5.75 Å². The Morgan fingerprint density at radius 2 is 1.75 bits per heavy atom. The Hall–Kier alpha value is -1.02. The fourth-order valence-electron chi connectivity index (χ4n) is 1.85. The van der Waals surface area contributed by atoms with Crippen LogP contribution in [0.15, 0.2) is 24.3 Å². The summed E-state index contributed by atoms with van der Waals surface area (Å²) in [6, 6.07) is 7.38. The van der Waals surface area contributed by atoms with E-state index in [2.05, 4.69) is 19.2 Å². The molecule has 0 aliphatic carbocycles. The van der Waals surface area contributed by atoms with Crippen LogP contribution < -0.4 is 5.32 Å². The lowest BCUT2D eigenvalue weighted by Crippen LogP contribution is -2.17. The SMILES string of the molecule is CCC(CC)CCNCc1ccc(O)cc1. The summed E-state index contributed by atoms with van der Waals surface area (Å²) in [6.45, 7) is 6.48. The van der Waals surface area contributed by atoms with Gasteiger partial charge in [0.25, 0.3) is 0 Å². The fraction of sp³-hybridized carbons (Fsp3) is 0.571. The quantitative estimate of drug-likeness (QED) is 0.692. The topological polar surface area (TPSA) is 32.3 Å². The van der Waals surface area contributed by atoms with E-state index in [4.69, 9.17) is 5.11 Å². The molecule has 0 fully saturated rings. The summed E-state index contributed by atoms with van der Waals surface area (Å²) in [6.07, 6.45) is 3.81. The number of phenolic OH excluding ortho intramolecular Hbond substituents is 1. The summed E-state index contributed by atoms with van der Waals surface area (Å²) in [5.74, 6) is 1.19. The molecule has 0 heterocycles. The molecule has 0 bridgehead atoms. The van der Waals surface area contributed by atoms with Crippen molar-refractivity contribution in [3.63, 3.8) is 0 Å². The third-order valence-electron chi connectivity index (χ3n) is 3.15. The van der Waals surface area contributed by atoms with Crippen molar-refractivity contribution in [1.82, 2.24) is 5.32 Å². The summed E-state index contributed by atoms with van der Waals surface area (Å²) in [5, 5.41) is 12.6. The summed E-state index contributed by atoms with van der Waals surface area (Å²) < 4.78 is 0. The van der Waals surface area contributed by atoms with Crippen LogP contribution in [0.1, 0.15) is 38.7 Å². The van der Waals surface area contributed by atoms with Crippen molar-refractivity contribution < 1.29 is 5.11 Å². The average molecular weight is 221 g/mol. The maximum atomic E-state index is 9.14. The fourth-order valence-corrected chi connectivity index (χ4v) is 1.85. The molecule has 0 saturated heterocycles. The van der Waals surface area contributed by atoms with Crippen molar-refractivity contribution >= 4 is 0 Å². The number of benzene rings is 1. The Labute approximate surface area is 98.7 Å². The van der Waals surface area contributed by atoms with E-state index < -0.39 is 0 Å². The Morgan fingerprint density at radius 3 is 2.31 bits per heavy atom. The Morgan fingerprint density at radius 1 is 1.12 bits per heavy atom. The Balaban J connectivity index is 2.18. The van der Waals surface area contributed by atoms with Gasteiger partial charge in [0.05, 0.1) is 0 Å². The van der Waals surface area contributed by atoms with Crippen LogP contribution in [-0.4, -0.2) is 11.7 Å². The molecule has 0 aliphatic heterocycles. The second-order valence-electron chi connectivity index (χ2n) is 4.31. The lowest BCUT2D eigenvalue weighted by Gasteiger charge is -2.12. The van der Waals surface area contributed by atoms with E-state index in [0.717, 1.165) is 19.0 Å². The van der Waals surface area contributed by atoms with E-state index in [0.29, 0.717) is 5.75 Å². The zero-order valence-electron chi connectivity index (χ0n) is 10.4. The van der Waals surface area contributed by atoms with E-state index in [1.165, 1.54) is 24.8 Å². The second-order valence-corrected chi connectivity index (χ2v) is 4.31. The minimum Gasteiger partial charge on any atom is -0.508 e.